The Balaban J connectivity index is 1.68. The van der Waals surface area contributed by atoms with Gasteiger partial charge in [0.15, 0.2) is 0 Å². The highest BCUT2D eigenvalue weighted by molar-refractivity contribution is 5.89. The summed E-state index contributed by atoms with van der Waals surface area (Å²) in [4.78, 5) is 30.5. The van der Waals surface area contributed by atoms with Gasteiger partial charge in [-0.05, 0) is 54.6 Å². The zero-order valence-corrected chi connectivity index (χ0v) is 14.4. The Morgan fingerprint density at radius 1 is 0.852 bits per heavy atom. The minimum absolute atomic E-state index is 0.130. The van der Waals surface area contributed by atoms with E-state index in [1.165, 1.54) is 19.1 Å². The van der Waals surface area contributed by atoms with Gasteiger partial charge in [-0.15, -0.1) is 0 Å². The molecule has 2 aromatic carbocycles. The lowest BCUT2D eigenvalue weighted by molar-refractivity contribution is -0.114. The van der Waals surface area contributed by atoms with E-state index in [-0.39, 0.29) is 11.5 Å². The van der Waals surface area contributed by atoms with Crippen LogP contribution in [-0.2, 0) is 4.79 Å². The third-order valence-electron chi connectivity index (χ3n) is 3.52. The second-order valence-corrected chi connectivity index (χ2v) is 5.66. The van der Waals surface area contributed by atoms with Gasteiger partial charge in [-0.1, -0.05) is 0 Å². The van der Waals surface area contributed by atoms with Crippen molar-refractivity contribution in [3.63, 3.8) is 0 Å². The second-order valence-electron chi connectivity index (χ2n) is 5.66. The number of carboxylic acids is 1. The van der Waals surface area contributed by atoms with E-state index in [1.807, 2.05) is 0 Å². The molecule has 8 nitrogen and oxygen atoms in total. The topological polar surface area (TPSA) is 116 Å². The zero-order chi connectivity index (χ0) is 19.2. The van der Waals surface area contributed by atoms with Crippen LogP contribution in [-0.4, -0.2) is 27.0 Å². The normalized spacial score (nSPS) is 10.1. The van der Waals surface area contributed by atoms with E-state index in [4.69, 9.17) is 5.11 Å². The van der Waals surface area contributed by atoms with Gasteiger partial charge in [0.2, 0.25) is 11.9 Å². The van der Waals surface area contributed by atoms with Crippen molar-refractivity contribution < 1.29 is 14.7 Å². The van der Waals surface area contributed by atoms with Gasteiger partial charge in [-0.3, -0.25) is 4.79 Å². The molecule has 4 N–H and O–H groups in total. The van der Waals surface area contributed by atoms with Crippen molar-refractivity contribution in [1.82, 2.24) is 9.97 Å². The maximum Gasteiger partial charge on any atom is 0.335 e. The number of carbonyl (C=O) groups excluding carboxylic acids is 1. The van der Waals surface area contributed by atoms with E-state index < -0.39 is 5.97 Å². The molecule has 1 aromatic heterocycles. The maximum atomic E-state index is 11.0. The van der Waals surface area contributed by atoms with Crippen LogP contribution in [0.1, 0.15) is 17.3 Å². The quantitative estimate of drug-likeness (QED) is 0.528. The molecule has 0 radical (unpaired) electrons. The molecular formula is C19H17N5O3. The number of anilines is 5. The first-order chi connectivity index (χ1) is 13.0. The fraction of sp³-hybridized carbons (Fsp3) is 0.0526. The highest BCUT2D eigenvalue weighted by Gasteiger charge is 2.04. The molecule has 27 heavy (non-hydrogen) atoms. The van der Waals surface area contributed by atoms with Crippen LogP contribution in [0.25, 0.3) is 0 Å². The second kappa shape index (κ2) is 7.96. The number of rotatable bonds is 6. The smallest absolute Gasteiger partial charge is 0.335 e. The summed E-state index contributed by atoms with van der Waals surface area (Å²) in [7, 11) is 0. The van der Waals surface area contributed by atoms with Crippen LogP contribution in [0.15, 0.2) is 60.8 Å². The number of amides is 1. The third-order valence-corrected chi connectivity index (χ3v) is 3.52. The number of nitrogens with zero attached hydrogens (tertiary/aromatic N) is 2. The SMILES string of the molecule is CC(=O)Nc1ccc(Nc2nccc(Nc3ccc(C(=O)O)cc3)n2)cc1. The summed E-state index contributed by atoms with van der Waals surface area (Å²) in [5.41, 5.74) is 2.40. The van der Waals surface area contributed by atoms with E-state index in [9.17, 15) is 9.59 Å². The van der Waals surface area contributed by atoms with Gasteiger partial charge in [0, 0.05) is 30.2 Å². The van der Waals surface area contributed by atoms with Crippen LogP contribution in [0.5, 0.6) is 0 Å². The lowest BCUT2D eigenvalue weighted by atomic mass is 10.2. The van der Waals surface area contributed by atoms with Crippen LogP contribution in [0, 0.1) is 0 Å². The highest BCUT2D eigenvalue weighted by atomic mass is 16.4. The first kappa shape index (κ1) is 17.9. The van der Waals surface area contributed by atoms with Gasteiger partial charge in [-0.25, -0.2) is 9.78 Å². The molecule has 136 valence electrons. The third kappa shape index (κ3) is 5.02. The van der Waals surface area contributed by atoms with Crippen LogP contribution in [0.4, 0.5) is 28.8 Å². The van der Waals surface area contributed by atoms with Crippen molar-refractivity contribution in [2.24, 2.45) is 0 Å². The highest BCUT2D eigenvalue weighted by Crippen LogP contribution is 2.19. The fourth-order valence-corrected chi connectivity index (χ4v) is 2.30. The Kier molecular flexibility index (Phi) is 5.27. The first-order valence-corrected chi connectivity index (χ1v) is 8.08. The molecule has 0 fully saturated rings. The minimum Gasteiger partial charge on any atom is -0.478 e. The predicted octanol–water partition coefficient (Wildman–Crippen LogP) is 3.62. The Bertz CT molecular complexity index is 956. The molecule has 3 rings (SSSR count). The van der Waals surface area contributed by atoms with E-state index >= 15 is 0 Å². The zero-order valence-electron chi connectivity index (χ0n) is 14.4. The van der Waals surface area contributed by atoms with Crippen molar-refractivity contribution in [1.29, 1.82) is 0 Å². The summed E-state index contributed by atoms with van der Waals surface area (Å²) in [6.45, 7) is 1.45. The number of aromatic carboxylic acids is 1. The Morgan fingerprint density at radius 2 is 1.44 bits per heavy atom. The average Bonchev–Trinajstić information content (AvgIpc) is 2.64. The van der Waals surface area contributed by atoms with Gasteiger partial charge in [-0.2, -0.15) is 4.98 Å². The summed E-state index contributed by atoms with van der Waals surface area (Å²) in [5.74, 6) is -0.145. The summed E-state index contributed by atoms with van der Waals surface area (Å²) < 4.78 is 0. The number of nitrogens with one attached hydrogen (secondary N) is 3. The Morgan fingerprint density at radius 3 is 2.07 bits per heavy atom. The van der Waals surface area contributed by atoms with Crippen molar-refractivity contribution >= 4 is 40.7 Å². The molecule has 8 heteroatoms. The molecule has 0 aliphatic carbocycles. The van der Waals surface area contributed by atoms with E-state index in [0.717, 1.165) is 5.69 Å². The maximum absolute atomic E-state index is 11.0. The molecule has 0 bridgehead atoms. The lowest BCUT2D eigenvalue weighted by Crippen LogP contribution is -2.05. The summed E-state index contributed by atoms with van der Waals surface area (Å²) in [6.07, 6.45) is 1.61. The monoisotopic (exact) mass is 363 g/mol. The molecule has 0 saturated carbocycles. The van der Waals surface area contributed by atoms with Gasteiger partial charge in [0.05, 0.1) is 5.56 Å². The lowest BCUT2D eigenvalue weighted by Gasteiger charge is -2.09. The fourth-order valence-electron chi connectivity index (χ4n) is 2.30. The number of aromatic nitrogens is 2. The molecule has 0 saturated heterocycles. The van der Waals surface area contributed by atoms with E-state index in [0.29, 0.717) is 23.1 Å². The average molecular weight is 363 g/mol. The van der Waals surface area contributed by atoms with Crippen molar-refractivity contribution in [3.05, 3.63) is 66.4 Å². The minimum atomic E-state index is -0.973. The predicted molar refractivity (Wildman–Crippen MR) is 103 cm³/mol. The molecule has 1 amide bonds. The van der Waals surface area contributed by atoms with Gasteiger partial charge in [0.25, 0.3) is 0 Å². The molecule has 0 aliphatic heterocycles. The molecule has 0 atom stereocenters. The summed E-state index contributed by atoms with van der Waals surface area (Å²) in [6, 6.07) is 15.2. The first-order valence-electron chi connectivity index (χ1n) is 8.08. The Labute approximate surface area is 155 Å². The summed E-state index contributed by atoms with van der Waals surface area (Å²) in [5, 5.41) is 17.8. The van der Waals surface area contributed by atoms with Crippen LogP contribution in [0.2, 0.25) is 0 Å². The standard InChI is InChI=1S/C19H17N5O3/c1-12(25)21-14-6-8-16(9-7-14)23-19-20-11-10-17(24-19)22-15-4-2-13(3-5-15)18(26)27/h2-11H,1H3,(H,21,25)(H,26,27)(H2,20,22,23,24). The largest absolute Gasteiger partial charge is 0.478 e. The van der Waals surface area contributed by atoms with Gasteiger partial charge >= 0.3 is 5.97 Å². The summed E-state index contributed by atoms with van der Waals surface area (Å²) >= 11 is 0. The van der Waals surface area contributed by atoms with Crippen molar-refractivity contribution in [2.45, 2.75) is 6.92 Å². The molecule has 0 spiro atoms. The van der Waals surface area contributed by atoms with Crippen LogP contribution < -0.4 is 16.0 Å². The number of hydrogen-bond donors (Lipinski definition) is 4. The van der Waals surface area contributed by atoms with Crippen molar-refractivity contribution in [2.75, 3.05) is 16.0 Å². The van der Waals surface area contributed by atoms with Crippen LogP contribution in [0.3, 0.4) is 0 Å². The van der Waals surface area contributed by atoms with E-state index in [2.05, 4.69) is 25.9 Å². The number of benzene rings is 2. The van der Waals surface area contributed by atoms with Crippen LogP contribution >= 0.6 is 0 Å². The number of carbonyl (C=O) groups is 2. The molecule has 3 aromatic rings. The molecule has 0 unspecified atom stereocenters. The number of carboxylic acid groups (broad SMARTS) is 1. The molecule has 1 heterocycles. The van der Waals surface area contributed by atoms with Gasteiger partial charge < -0.3 is 21.1 Å². The van der Waals surface area contributed by atoms with E-state index in [1.54, 1.807) is 48.7 Å². The van der Waals surface area contributed by atoms with Crippen molar-refractivity contribution in [3.8, 4) is 0 Å². The Hall–Kier alpha value is -3.94. The molecule has 0 aliphatic rings. The number of hydrogen-bond acceptors (Lipinski definition) is 6. The molecular weight excluding hydrogens is 346 g/mol. The van der Waals surface area contributed by atoms with Gasteiger partial charge in [0.1, 0.15) is 5.82 Å².